The molecule has 0 unspecified atom stereocenters. The van der Waals surface area contributed by atoms with E-state index in [0.717, 1.165) is 0 Å². The van der Waals surface area contributed by atoms with E-state index in [1.54, 1.807) is 0 Å². The normalized spacial score (nSPS) is 12.2. The average Bonchev–Trinajstić information content (AvgIpc) is 3.15. The molecule has 0 aromatic heterocycles. The molecule has 0 heteroatoms. The molecule has 0 fully saturated rings. The van der Waals surface area contributed by atoms with Gasteiger partial charge in [-0.1, -0.05) is 158 Å². The molecule has 0 amide bonds. The van der Waals surface area contributed by atoms with Gasteiger partial charge in [-0.2, -0.15) is 0 Å². The van der Waals surface area contributed by atoms with E-state index in [4.69, 9.17) is 0 Å². The molecule has 0 saturated heterocycles. The SMILES string of the molecule is c1cc2cccc3c4cccc5cccc(c(c1)c23)c54.c1ccc2c(c1)cc1c3cccc4c5ccccc5cc(c5cccc2c51)c43. The Kier molecular flexibility index (Phi) is 5.20. The van der Waals surface area contributed by atoms with Crippen LogP contribution in [-0.4, -0.2) is 0 Å². The molecule has 0 atom stereocenters. The second kappa shape index (κ2) is 9.64. The molecule has 12 aromatic rings. The number of fused-ring (bicyclic) bond motifs is 8. The molecule has 0 aliphatic rings. The maximum atomic E-state index is 2.38. The Morgan fingerprint density at radius 3 is 0.792 bits per heavy atom. The van der Waals surface area contributed by atoms with Crippen molar-refractivity contribution in [2.45, 2.75) is 0 Å². The van der Waals surface area contributed by atoms with E-state index in [1.165, 1.54) is 108 Å². The molecule has 0 spiro atoms. The van der Waals surface area contributed by atoms with Gasteiger partial charge in [0.25, 0.3) is 0 Å². The molecule has 220 valence electrons. The van der Waals surface area contributed by atoms with Crippen molar-refractivity contribution < 1.29 is 0 Å². The summed E-state index contributed by atoms with van der Waals surface area (Å²) in [7, 11) is 0. The second-order valence-corrected chi connectivity index (χ2v) is 13.2. The van der Waals surface area contributed by atoms with E-state index < -0.39 is 0 Å². The van der Waals surface area contributed by atoms with E-state index in [-0.39, 0.29) is 0 Å². The highest BCUT2D eigenvalue weighted by atomic mass is 14.2. The summed E-state index contributed by atoms with van der Waals surface area (Å²) in [5.74, 6) is 0. The number of rotatable bonds is 0. The smallest absolute Gasteiger partial charge is 0.00199 e. The lowest BCUT2D eigenvalue weighted by molar-refractivity contribution is 1.78. The van der Waals surface area contributed by atoms with Crippen molar-refractivity contribution in [3.8, 4) is 0 Å². The van der Waals surface area contributed by atoms with Crippen LogP contribution in [0.15, 0.2) is 170 Å². The van der Waals surface area contributed by atoms with Gasteiger partial charge in [0.2, 0.25) is 0 Å². The molecule has 0 aliphatic heterocycles. The van der Waals surface area contributed by atoms with Gasteiger partial charge in [0.15, 0.2) is 0 Å². The fourth-order valence-electron chi connectivity index (χ4n) is 8.78. The summed E-state index contributed by atoms with van der Waals surface area (Å²) in [6.45, 7) is 0. The molecule has 0 aliphatic carbocycles. The van der Waals surface area contributed by atoms with Crippen LogP contribution in [0.4, 0.5) is 0 Å². The molecular weight excluding hydrogens is 577 g/mol. The van der Waals surface area contributed by atoms with Crippen LogP contribution in [0.2, 0.25) is 0 Å². The van der Waals surface area contributed by atoms with Crippen molar-refractivity contribution in [1.29, 1.82) is 0 Å². The van der Waals surface area contributed by atoms with E-state index in [0.29, 0.717) is 0 Å². The van der Waals surface area contributed by atoms with E-state index >= 15 is 0 Å². The minimum Gasteiger partial charge on any atom is -0.0616 e. The lowest BCUT2D eigenvalue weighted by Gasteiger charge is -2.17. The topological polar surface area (TPSA) is 0 Å². The lowest BCUT2D eigenvalue weighted by Crippen LogP contribution is -1.89. The molecule has 0 bridgehead atoms. The first-order chi connectivity index (χ1) is 23.8. The third-order valence-electron chi connectivity index (χ3n) is 10.7. The Morgan fingerprint density at radius 1 is 0.167 bits per heavy atom. The minimum absolute atomic E-state index is 1.31. The van der Waals surface area contributed by atoms with Crippen LogP contribution < -0.4 is 0 Å². The zero-order valence-corrected chi connectivity index (χ0v) is 26.2. The van der Waals surface area contributed by atoms with Crippen LogP contribution in [-0.2, 0) is 0 Å². The van der Waals surface area contributed by atoms with E-state index in [9.17, 15) is 0 Å². The van der Waals surface area contributed by atoms with Crippen molar-refractivity contribution in [2.24, 2.45) is 0 Å². The summed E-state index contributed by atoms with van der Waals surface area (Å²) in [6, 6.07) is 62.3. The van der Waals surface area contributed by atoms with Gasteiger partial charge in [0.1, 0.15) is 0 Å². The summed E-state index contributed by atoms with van der Waals surface area (Å²) in [6.07, 6.45) is 0. The van der Waals surface area contributed by atoms with Gasteiger partial charge in [-0.05, 0) is 120 Å². The van der Waals surface area contributed by atoms with E-state index in [2.05, 4.69) is 170 Å². The van der Waals surface area contributed by atoms with Crippen molar-refractivity contribution in [3.63, 3.8) is 0 Å². The first-order valence-electron chi connectivity index (χ1n) is 16.8. The summed E-state index contributed by atoms with van der Waals surface area (Å²) < 4.78 is 0. The molecule has 48 heavy (non-hydrogen) atoms. The molecule has 0 saturated carbocycles. The Hall–Kier alpha value is -6.24. The van der Waals surface area contributed by atoms with Crippen LogP contribution in [0.5, 0.6) is 0 Å². The van der Waals surface area contributed by atoms with Gasteiger partial charge in [0.05, 0.1) is 0 Å². The molecule has 12 aromatic carbocycles. The summed E-state index contributed by atoms with van der Waals surface area (Å²) in [5, 5.41) is 27.1. The maximum Gasteiger partial charge on any atom is -0.00199 e. The van der Waals surface area contributed by atoms with Gasteiger partial charge in [-0.3, -0.25) is 0 Å². The second-order valence-electron chi connectivity index (χ2n) is 13.2. The molecule has 0 N–H and O–H groups in total. The number of hydrogen-bond donors (Lipinski definition) is 0. The molecule has 0 nitrogen and oxygen atoms in total. The average molecular weight is 605 g/mol. The highest BCUT2D eigenvalue weighted by Crippen LogP contribution is 2.45. The van der Waals surface area contributed by atoms with Gasteiger partial charge in [0, 0.05) is 0 Å². The van der Waals surface area contributed by atoms with Crippen LogP contribution >= 0.6 is 0 Å². The third-order valence-corrected chi connectivity index (χ3v) is 10.7. The molecule has 0 radical (unpaired) electrons. The highest BCUT2D eigenvalue weighted by Gasteiger charge is 2.16. The predicted molar refractivity (Wildman–Crippen MR) is 210 cm³/mol. The minimum atomic E-state index is 1.31. The van der Waals surface area contributed by atoms with Crippen LogP contribution in [0.3, 0.4) is 0 Å². The maximum absolute atomic E-state index is 2.38. The lowest BCUT2D eigenvalue weighted by atomic mass is 9.86. The van der Waals surface area contributed by atoms with Crippen molar-refractivity contribution in [1.82, 2.24) is 0 Å². The zero-order valence-electron chi connectivity index (χ0n) is 26.2. The van der Waals surface area contributed by atoms with Gasteiger partial charge in [-0.25, -0.2) is 0 Å². The number of hydrogen-bond acceptors (Lipinski definition) is 0. The fourth-order valence-corrected chi connectivity index (χ4v) is 8.78. The monoisotopic (exact) mass is 604 g/mol. The van der Waals surface area contributed by atoms with Gasteiger partial charge >= 0.3 is 0 Å². The quantitative estimate of drug-likeness (QED) is 0.119. The van der Waals surface area contributed by atoms with Crippen LogP contribution in [0.1, 0.15) is 0 Å². The molecule has 0 heterocycles. The third kappa shape index (κ3) is 3.44. The van der Waals surface area contributed by atoms with E-state index in [1.807, 2.05) is 0 Å². The summed E-state index contributed by atoms with van der Waals surface area (Å²) >= 11 is 0. The Balaban J connectivity index is 0.000000124. The van der Waals surface area contributed by atoms with Crippen molar-refractivity contribution in [3.05, 3.63) is 170 Å². The summed E-state index contributed by atoms with van der Waals surface area (Å²) in [5.41, 5.74) is 0. The highest BCUT2D eigenvalue weighted by molar-refractivity contribution is 6.38. The first-order valence-corrected chi connectivity index (χ1v) is 16.8. The van der Waals surface area contributed by atoms with Crippen LogP contribution in [0.25, 0.3) is 108 Å². The largest absolute Gasteiger partial charge is 0.0616 e. The Bertz CT molecular complexity index is 2920. The van der Waals surface area contributed by atoms with Gasteiger partial charge in [-0.15, -0.1) is 0 Å². The van der Waals surface area contributed by atoms with Crippen LogP contribution in [0, 0.1) is 0 Å². The van der Waals surface area contributed by atoms with Crippen molar-refractivity contribution >= 4 is 108 Å². The standard InChI is InChI=1S/C28H16.C20H12/c1-3-9-19-17(7-1)15-25-23-13-6-12-22-20-10-4-2-8-18(20)16-26(28(22)23)24-14-5-11-21(19)27(24)25;1-5-13-6-2-11-17-18-12-4-8-14-7-3-10-16(20(14)18)15(9-1)19(13)17/h1-16H;1-12H. The zero-order chi connectivity index (χ0) is 31.3. The Labute approximate surface area is 276 Å². The summed E-state index contributed by atoms with van der Waals surface area (Å²) in [4.78, 5) is 0. The number of benzene rings is 12. The molecule has 12 rings (SSSR count). The Morgan fingerprint density at radius 2 is 0.417 bits per heavy atom. The van der Waals surface area contributed by atoms with Gasteiger partial charge < -0.3 is 0 Å². The van der Waals surface area contributed by atoms with Crippen molar-refractivity contribution in [2.75, 3.05) is 0 Å². The first kappa shape index (κ1) is 25.9. The molecular formula is C48H28. The predicted octanol–water partition coefficient (Wildman–Crippen LogP) is 13.8. The fraction of sp³-hybridized carbons (Fsp3) is 0.